The van der Waals surface area contributed by atoms with Crippen LogP contribution in [0.1, 0.15) is 38.3 Å². The number of hydrogen-bond acceptors (Lipinski definition) is 2. The Hall–Kier alpha value is -1.35. The second kappa shape index (κ2) is 6.28. The van der Waals surface area contributed by atoms with Crippen molar-refractivity contribution in [2.75, 3.05) is 0 Å². The second-order valence-corrected chi connectivity index (χ2v) is 4.13. The zero-order valence-electron chi connectivity index (χ0n) is 9.81. The van der Waals surface area contributed by atoms with Crippen molar-refractivity contribution in [3.63, 3.8) is 0 Å². The zero-order valence-corrected chi connectivity index (χ0v) is 9.81. The lowest BCUT2D eigenvalue weighted by Crippen LogP contribution is -2.29. The van der Waals surface area contributed by atoms with E-state index in [1.54, 1.807) is 0 Å². The molecule has 0 radical (unpaired) electrons. The second-order valence-electron chi connectivity index (χ2n) is 4.13. The number of nitrogens with one attached hydrogen (secondary N) is 1. The normalized spacial score (nSPS) is 14.4. The highest BCUT2D eigenvalue weighted by Crippen LogP contribution is 2.13. The molecule has 1 aromatic carbocycles. The van der Waals surface area contributed by atoms with Gasteiger partial charge in [-0.25, -0.2) is 0 Å². The highest BCUT2D eigenvalue weighted by molar-refractivity contribution is 5.66. The summed E-state index contributed by atoms with van der Waals surface area (Å²) in [5, 5.41) is 12.0. The Balaban J connectivity index is 2.39. The Kier molecular flexibility index (Phi) is 4.99. The predicted molar refractivity (Wildman–Crippen MR) is 64.3 cm³/mol. The molecule has 2 N–H and O–H groups in total. The highest BCUT2D eigenvalue weighted by Gasteiger charge is 2.10. The molecule has 0 saturated heterocycles. The molecule has 0 aliphatic rings. The van der Waals surface area contributed by atoms with E-state index in [1.807, 2.05) is 25.1 Å². The van der Waals surface area contributed by atoms with E-state index in [1.165, 1.54) is 5.56 Å². The summed E-state index contributed by atoms with van der Waals surface area (Å²) in [6.07, 6.45) is 0.877. The number of carboxylic acids is 1. The van der Waals surface area contributed by atoms with Gasteiger partial charge in [-0.1, -0.05) is 30.3 Å². The van der Waals surface area contributed by atoms with Gasteiger partial charge in [0.2, 0.25) is 0 Å². The third kappa shape index (κ3) is 4.45. The molecule has 16 heavy (non-hydrogen) atoms. The summed E-state index contributed by atoms with van der Waals surface area (Å²) >= 11 is 0. The molecular formula is C13H19NO2. The first-order valence-electron chi connectivity index (χ1n) is 5.62. The lowest BCUT2D eigenvalue weighted by atomic mass is 10.1. The minimum atomic E-state index is -0.735. The van der Waals surface area contributed by atoms with Crippen LogP contribution in [-0.2, 0) is 4.79 Å². The van der Waals surface area contributed by atoms with E-state index in [0.29, 0.717) is 6.42 Å². The lowest BCUT2D eigenvalue weighted by Gasteiger charge is -2.19. The summed E-state index contributed by atoms with van der Waals surface area (Å²) < 4.78 is 0. The maximum Gasteiger partial charge on any atom is 0.303 e. The highest BCUT2D eigenvalue weighted by atomic mass is 16.4. The Morgan fingerprint density at radius 1 is 1.31 bits per heavy atom. The summed E-state index contributed by atoms with van der Waals surface area (Å²) in [6.45, 7) is 4.11. The van der Waals surface area contributed by atoms with Crippen molar-refractivity contribution in [2.24, 2.45) is 0 Å². The van der Waals surface area contributed by atoms with Crippen molar-refractivity contribution in [2.45, 2.75) is 38.8 Å². The molecule has 3 heteroatoms. The van der Waals surface area contributed by atoms with Crippen molar-refractivity contribution in [3.05, 3.63) is 35.9 Å². The fraction of sp³-hybridized carbons (Fsp3) is 0.462. The van der Waals surface area contributed by atoms with E-state index in [4.69, 9.17) is 5.11 Å². The summed E-state index contributed by atoms with van der Waals surface area (Å²) in [5.41, 5.74) is 1.23. The number of hydrogen-bond donors (Lipinski definition) is 2. The quantitative estimate of drug-likeness (QED) is 0.776. The van der Waals surface area contributed by atoms with Gasteiger partial charge in [0.25, 0.3) is 0 Å². The van der Waals surface area contributed by atoms with Crippen LogP contribution in [0.4, 0.5) is 0 Å². The van der Waals surface area contributed by atoms with Crippen LogP contribution in [0.2, 0.25) is 0 Å². The van der Waals surface area contributed by atoms with Crippen LogP contribution in [0, 0.1) is 0 Å². The summed E-state index contributed by atoms with van der Waals surface area (Å²) in [5.74, 6) is -0.735. The van der Waals surface area contributed by atoms with Crippen LogP contribution in [0.15, 0.2) is 30.3 Å². The van der Waals surface area contributed by atoms with Crippen molar-refractivity contribution in [1.82, 2.24) is 5.32 Å². The summed E-state index contributed by atoms with van der Waals surface area (Å²) in [7, 11) is 0. The molecule has 0 heterocycles. The molecule has 0 amide bonds. The molecule has 88 valence electrons. The first-order valence-corrected chi connectivity index (χ1v) is 5.62. The van der Waals surface area contributed by atoms with Gasteiger partial charge >= 0.3 is 5.97 Å². The first-order chi connectivity index (χ1) is 7.59. The Morgan fingerprint density at radius 3 is 2.50 bits per heavy atom. The molecule has 3 nitrogen and oxygen atoms in total. The van der Waals surface area contributed by atoms with E-state index in [0.717, 1.165) is 0 Å². The van der Waals surface area contributed by atoms with Crippen molar-refractivity contribution >= 4 is 5.97 Å². The van der Waals surface area contributed by atoms with Gasteiger partial charge in [-0.2, -0.15) is 0 Å². The summed E-state index contributed by atoms with van der Waals surface area (Å²) in [4.78, 5) is 10.4. The fourth-order valence-electron chi connectivity index (χ4n) is 1.69. The maximum atomic E-state index is 10.4. The number of carboxylic acid groups (broad SMARTS) is 1. The van der Waals surface area contributed by atoms with E-state index < -0.39 is 5.97 Å². The van der Waals surface area contributed by atoms with Gasteiger partial charge in [-0.3, -0.25) is 4.79 Å². The minimum absolute atomic E-state index is 0.214. The van der Waals surface area contributed by atoms with Crippen LogP contribution in [0.3, 0.4) is 0 Å². The average Bonchev–Trinajstić information content (AvgIpc) is 2.27. The monoisotopic (exact) mass is 221 g/mol. The molecular weight excluding hydrogens is 202 g/mol. The van der Waals surface area contributed by atoms with Crippen LogP contribution >= 0.6 is 0 Å². The fourth-order valence-corrected chi connectivity index (χ4v) is 1.69. The Labute approximate surface area is 96.5 Å². The van der Waals surface area contributed by atoms with Crippen LogP contribution in [-0.4, -0.2) is 17.1 Å². The van der Waals surface area contributed by atoms with Gasteiger partial charge in [0, 0.05) is 18.5 Å². The van der Waals surface area contributed by atoms with Crippen molar-refractivity contribution < 1.29 is 9.90 Å². The van der Waals surface area contributed by atoms with Gasteiger partial charge in [-0.05, 0) is 25.8 Å². The SMILES string of the molecule is CC(CCC(=O)O)NC(C)c1ccccc1. The predicted octanol–water partition coefficient (Wildman–Crippen LogP) is 2.59. The smallest absolute Gasteiger partial charge is 0.303 e. The zero-order chi connectivity index (χ0) is 12.0. The lowest BCUT2D eigenvalue weighted by molar-refractivity contribution is -0.137. The third-order valence-electron chi connectivity index (χ3n) is 2.63. The van der Waals surface area contributed by atoms with E-state index in [-0.39, 0.29) is 18.5 Å². The number of aliphatic carboxylic acids is 1. The molecule has 0 aliphatic carbocycles. The topological polar surface area (TPSA) is 49.3 Å². The van der Waals surface area contributed by atoms with Crippen molar-refractivity contribution in [3.8, 4) is 0 Å². The van der Waals surface area contributed by atoms with Crippen LogP contribution in [0.5, 0.6) is 0 Å². The molecule has 2 atom stereocenters. The molecule has 0 fully saturated rings. The summed E-state index contributed by atoms with van der Waals surface area (Å²) in [6, 6.07) is 10.6. The molecule has 1 aromatic rings. The number of carbonyl (C=O) groups is 1. The van der Waals surface area contributed by atoms with Gasteiger partial charge in [0.15, 0.2) is 0 Å². The van der Waals surface area contributed by atoms with E-state index >= 15 is 0 Å². The maximum absolute atomic E-state index is 10.4. The van der Waals surface area contributed by atoms with Crippen LogP contribution in [0.25, 0.3) is 0 Å². The van der Waals surface area contributed by atoms with E-state index in [9.17, 15) is 4.79 Å². The third-order valence-corrected chi connectivity index (χ3v) is 2.63. The average molecular weight is 221 g/mol. The van der Waals surface area contributed by atoms with E-state index in [2.05, 4.69) is 24.4 Å². The van der Waals surface area contributed by atoms with Gasteiger partial charge in [0.1, 0.15) is 0 Å². The van der Waals surface area contributed by atoms with Crippen molar-refractivity contribution in [1.29, 1.82) is 0 Å². The Morgan fingerprint density at radius 2 is 1.94 bits per heavy atom. The van der Waals surface area contributed by atoms with Gasteiger partial charge in [-0.15, -0.1) is 0 Å². The molecule has 0 spiro atoms. The number of benzene rings is 1. The molecule has 0 aromatic heterocycles. The van der Waals surface area contributed by atoms with Crippen LogP contribution < -0.4 is 5.32 Å². The standard InChI is InChI=1S/C13H19NO2/c1-10(8-9-13(15)16)14-11(2)12-6-4-3-5-7-12/h3-7,10-11,14H,8-9H2,1-2H3,(H,15,16). The van der Waals surface area contributed by atoms with Gasteiger partial charge < -0.3 is 10.4 Å². The minimum Gasteiger partial charge on any atom is -0.481 e. The Bertz CT molecular complexity index is 324. The first kappa shape index (κ1) is 12.7. The molecule has 0 aliphatic heterocycles. The molecule has 0 saturated carbocycles. The van der Waals surface area contributed by atoms with Gasteiger partial charge in [0.05, 0.1) is 0 Å². The number of rotatable bonds is 6. The molecule has 2 unspecified atom stereocenters. The molecule has 0 bridgehead atoms. The largest absolute Gasteiger partial charge is 0.481 e. The molecule has 1 rings (SSSR count).